The average molecular weight is 426 g/mol. The molecule has 0 saturated heterocycles. The Kier molecular flexibility index (Phi) is 5.67. The summed E-state index contributed by atoms with van der Waals surface area (Å²) in [6, 6.07) is 12.9. The van der Waals surface area contributed by atoms with Crippen LogP contribution in [-0.4, -0.2) is 25.0 Å². The summed E-state index contributed by atoms with van der Waals surface area (Å²) in [5, 5.41) is 4.50. The molecule has 0 aliphatic carbocycles. The van der Waals surface area contributed by atoms with Gasteiger partial charge in [-0.2, -0.15) is 0 Å². The summed E-state index contributed by atoms with van der Waals surface area (Å²) >= 11 is 1.50. The molecule has 6 nitrogen and oxygen atoms in total. The highest BCUT2D eigenvalue weighted by Crippen LogP contribution is 2.35. The topological polar surface area (TPSA) is 67.9 Å². The van der Waals surface area contributed by atoms with Gasteiger partial charge >= 0.3 is 0 Å². The van der Waals surface area contributed by atoms with Gasteiger partial charge in [-0.15, -0.1) is 11.3 Å². The molecular weight excluding hydrogens is 407 g/mol. The Bertz CT molecular complexity index is 1080. The van der Waals surface area contributed by atoms with Crippen molar-refractivity contribution in [1.29, 1.82) is 0 Å². The highest BCUT2D eigenvalue weighted by atomic mass is 32.1. The maximum atomic E-state index is 14.6. The Morgan fingerprint density at radius 3 is 2.63 bits per heavy atom. The van der Waals surface area contributed by atoms with Crippen LogP contribution in [0.1, 0.15) is 22.2 Å². The number of carbonyl (C=O) groups is 2. The lowest BCUT2D eigenvalue weighted by atomic mass is 10.1. The van der Waals surface area contributed by atoms with Gasteiger partial charge < -0.3 is 19.7 Å². The Labute approximate surface area is 176 Å². The molecule has 1 N–H and O–H groups in total. The van der Waals surface area contributed by atoms with Crippen LogP contribution in [0.25, 0.3) is 0 Å². The molecule has 0 atom stereocenters. The Morgan fingerprint density at radius 2 is 1.90 bits per heavy atom. The molecule has 0 spiro atoms. The standard InChI is InChI=1S/C22H19FN2O4S/c1-14(26)24-15-4-6-19(23)18(11-15)22(27)25(13-17-3-2-10-30-17)16-5-7-20-21(12-16)29-9-8-28-20/h2-7,10-12H,8-9,13H2,1H3,(H,24,26). The predicted octanol–water partition coefficient (Wildman–Crippen LogP) is 4.46. The van der Waals surface area contributed by atoms with Crippen LogP contribution in [0.15, 0.2) is 53.9 Å². The van der Waals surface area contributed by atoms with E-state index in [1.54, 1.807) is 18.2 Å². The maximum Gasteiger partial charge on any atom is 0.261 e. The molecule has 154 valence electrons. The molecule has 30 heavy (non-hydrogen) atoms. The number of fused-ring (bicyclic) bond motifs is 1. The number of hydrogen-bond donors (Lipinski definition) is 1. The summed E-state index contributed by atoms with van der Waals surface area (Å²) in [4.78, 5) is 27.2. The SMILES string of the molecule is CC(=O)Nc1ccc(F)c(C(=O)N(Cc2cccs2)c2ccc3c(c2)OCCO3)c1. The highest BCUT2D eigenvalue weighted by molar-refractivity contribution is 7.09. The van der Waals surface area contributed by atoms with E-state index in [-0.39, 0.29) is 18.0 Å². The molecule has 0 saturated carbocycles. The Hall–Kier alpha value is -3.39. The van der Waals surface area contributed by atoms with Gasteiger partial charge in [-0.3, -0.25) is 9.59 Å². The van der Waals surface area contributed by atoms with E-state index in [1.165, 1.54) is 41.4 Å². The summed E-state index contributed by atoms with van der Waals surface area (Å²) in [6.07, 6.45) is 0. The fourth-order valence-corrected chi connectivity index (χ4v) is 3.85. The average Bonchev–Trinajstić information content (AvgIpc) is 3.25. The molecule has 2 heterocycles. The first-order chi connectivity index (χ1) is 14.5. The van der Waals surface area contributed by atoms with Crippen molar-refractivity contribution in [2.75, 3.05) is 23.4 Å². The van der Waals surface area contributed by atoms with Gasteiger partial charge in [0.15, 0.2) is 11.5 Å². The molecule has 1 aliphatic rings. The first-order valence-corrected chi connectivity index (χ1v) is 10.2. The number of rotatable bonds is 5. The van der Waals surface area contributed by atoms with Gasteiger partial charge in [0.05, 0.1) is 12.1 Å². The summed E-state index contributed by atoms with van der Waals surface area (Å²) in [6.45, 7) is 2.50. The molecule has 1 aliphatic heterocycles. The van der Waals surface area contributed by atoms with Gasteiger partial charge in [0.25, 0.3) is 5.91 Å². The molecule has 1 aromatic heterocycles. The number of benzene rings is 2. The van der Waals surface area contributed by atoms with E-state index < -0.39 is 11.7 Å². The number of carbonyl (C=O) groups excluding carboxylic acids is 2. The van der Waals surface area contributed by atoms with E-state index in [9.17, 15) is 14.0 Å². The van der Waals surface area contributed by atoms with Crippen LogP contribution in [0.3, 0.4) is 0 Å². The zero-order chi connectivity index (χ0) is 21.1. The third-order valence-corrected chi connectivity index (χ3v) is 5.35. The zero-order valence-electron chi connectivity index (χ0n) is 16.2. The molecule has 2 aromatic carbocycles. The Balaban J connectivity index is 1.73. The Morgan fingerprint density at radius 1 is 1.10 bits per heavy atom. The normalized spacial score (nSPS) is 12.3. The largest absolute Gasteiger partial charge is 0.486 e. The van der Waals surface area contributed by atoms with Gasteiger partial charge in [0.1, 0.15) is 19.0 Å². The number of thiophene rings is 1. The minimum Gasteiger partial charge on any atom is -0.486 e. The van der Waals surface area contributed by atoms with E-state index in [4.69, 9.17) is 9.47 Å². The van der Waals surface area contributed by atoms with Crippen LogP contribution in [-0.2, 0) is 11.3 Å². The molecule has 0 bridgehead atoms. The molecule has 0 radical (unpaired) electrons. The van der Waals surface area contributed by atoms with Gasteiger partial charge in [0.2, 0.25) is 5.91 Å². The second-order valence-electron chi connectivity index (χ2n) is 6.67. The summed E-state index contributed by atoms with van der Waals surface area (Å²) < 4.78 is 25.8. The minimum atomic E-state index is -0.664. The van der Waals surface area contributed by atoms with Gasteiger partial charge in [0, 0.05) is 29.2 Å². The molecule has 3 aromatic rings. The number of nitrogens with one attached hydrogen (secondary N) is 1. The number of hydrogen-bond acceptors (Lipinski definition) is 5. The van der Waals surface area contributed by atoms with E-state index in [1.807, 2.05) is 17.5 Å². The molecule has 0 fully saturated rings. The van der Waals surface area contributed by atoms with Crippen molar-refractivity contribution in [3.05, 3.63) is 70.2 Å². The van der Waals surface area contributed by atoms with Crippen molar-refractivity contribution in [3.8, 4) is 11.5 Å². The van der Waals surface area contributed by atoms with E-state index in [2.05, 4.69) is 5.32 Å². The molecule has 0 unspecified atom stereocenters. The van der Waals surface area contributed by atoms with Crippen LogP contribution in [0.2, 0.25) is 0 Å². The van der Waals surface area contributed by atoms with Crippen molar-refractivity contribution >= 4 is 34.5 Å². The second kappa shape index (κ2) is 8.54. The van der Waals surface area contributed by atoms with Crippen molar-refractivity contribution in [2.24, 2.45) is 0 Å². The maximum absolute atomic E-state index is 14.6. The van der Waals surface area contributed by atoms with E-state index in [0.717, 1.165) is 4.88 Å². The second-order valence-corrected chi connectivity index (χ2v) is 7.71. The van der Waals surface area contributed by atoms with Crippen LogP contribution >= 0.6 is 11.3 Å². The molecular formula is C22H19FN2O4S. The lowest BCUT2D eigenvalue weighted by molar-refractivity contribution is -0.114. The van der Waals surface area contributed by atoms with Gasteiger partial charge in [-0.1, -0.05) is 6.07 Å². The van der Waals surface area contributed by atoms with Crippen molar-refractivity contribution in [3.63, 3.8) is 0 Å². The number of amides is 2. The summed E-state index contributed by atoms with van der Waals surface area (Å²) in [5.74, 6) is -0.350. The van der Waals surface area contributed by atoms with Gasteiger partial charge in [-0.25, -0.2) is 4.39 Å². The smallest absolute Gasteiger partial charge is 0.261 e. The quantitative estimate of drug-likeness (QED) is 0.654. The highest BCUT2D eigenvalue weighted by Gasteiger charge is 2.24. The van der Waals surface area contributed by atoms with Crippen molar-refractivity contribution in [1.82, 2.24) is 0 Å². The zero-order valence-corrected chi connectivity index (χ0v) is 17.0. The fraction of sp³-hybridized carbons (Fsp3) is 0.182. The van der Waals surface area contributed by atoms with Gasteiger partial charge in [-0.05, 0) is 41.8 Å². The fourth-order valence-electron chi connectivity index (χ4n) is 3.15. The number of ether oxygens (including phenoxy) is 2. The van der Waals surface area contributed by atoms with Crippen molar-refractivity contribution < 1.29 is 23.5 Å². The summed E-state index contributed by atoms with van der Waals surface area (Å²) in [7, 11) is 0. The molecule has 8 heteroatoms. The monoisotopic (exact) mass is 426 g/mol. The van der Waals surface area contributed by atoms with Crippen LogP contribution in [0, 0.1) is 5.82 Å². The number of halogens is 1. The van der Waals surface area contributed by atoms with Crippen LogP contribution < -0.4 is 19.7 Å². The first kappa shape index (κ1) is 19.9. The molecule has 2 amide bonds. The van der Waals surface area contributed by atoms with Crippen LogP contribution in [0.4, 0.5) is 15.8 Å². The van der Waals surface area contributed by atoms with E-state index in [0.29, 0.717) is 36.1 Å². The third kappa shape index (κ3) is 4.28. The first-order valence-electron chi connectivity index (χ1n) is 9.32. The number of anilines is 2. The lowest BCUT2D eigenvalue weighted by Gasteiger charge is -2.25. The lowest BCUT2D eigenvalue weighted by Crippen LogP contribution is -2.31. The number of nitrogens with zero attached hydrogens (tertiary/aromatic N) is 1. The summed E-state index contributed by atoms with van der Waals surface area (Å²) in [5.41, 5.74) is 0.778. The van der Waals surface area contributed by atoms with Crippen LogP contribution in [0.5, 0.6) is 11.5 Å². The van der Waals surface area contributed by atoms with Crippen molar-refractivity contribution in [2.45, 2.75) is 13.5 Å². The predicted molar refractivity (Wildman–Crippen MR) is 113 cm³/mol. The minimum absolute atomic E-state index is 0.132. The third-order valence-electron chi connectivity index (χ3n) is 4.49. The molecule has 4 rings (SSSR count). The van der Waals surface area contributed by atoms with E-state index >= 15 is 0 Å².